The second-order valence-corrected chi connectivity index (χ2v) is 2.24. The summed E-state index contributed by atoms with van der Waals surface area (Å²) in [6.07, 6.45) is 0. The van der Waals surface area contributed by atoms with Crippen LogP contribution >= 0.6 is 12.4 Å². The summed E-state index contributed by atoms with van der Waals surface area (Å²) in [5.74, 6) is 0. The van der Waals surface area contributed by atoms with Crippen molar-refractivity contribution in [3.63, 3.8) is 0 Å². The molecule has 10 heteroatoms. The Hall–Kier alpha value is 0.876. The van der Waals surface area contributed by atoms with Crippen LogP contribution in [0.2, 0.25) is 0 Å². The van der Waals surface area contributed by atoms with Gasteiger partial charge in [0.2, 0.25) is 0 Å². The molecule has 0 saturated heterocycles. The first kappa shape index (κ1) is 18.2. The van der Waals surface area contributed by atoms with Crippen LogP contribution in [0.4, 0.5) is 0 Å². The molecule has 0 bridgehead atoms. The molecule has 0 spiro atoms. The van der Waals surface area contributed by atoms with E-state index in [1.165, 1.54) is 0 Å². The van der Waals surface area contributed by atoms with Crippen molar-refractivity contribution in [2.75, 3.05) is 0 Å². The number of hydrogen-bond donors (Lipinski definition) is 4. The zero-order chi connectivity index (χ0) is 8.72. The number of rotatable bonds is 0. The molecule has 2 rings (SSSR count). The normalized spacial score (nSPS) is 8.53. The van der Waals surface area contributed by atoms with Crippen molar-refractivity contribution in [3.8, 4) is 0 Å². The van der Waals surface area contributed by atoms with Gasteiger partial charge in [0, 0.05) is 0 Å². The van der Waals surface area contributed by atoms with Crippen LogP contribution in [0, 0.1) is 0 Å². The van der Waals surface area contributed by atoms with Gasteiger partial charge in [-0.1, -0.05) is 0 Å². The number of nitrogens with one attached hydrogen (secondary N) is 4. The van der Waals surface area contributed by atoms with Gasteiger partial charge in [0.1, 0.15) is 11.2 Å². The summed E-state index contributed by atoms with van der Waals surface area (Å²) >= 11 is 0. The predicted octanol–water partition coefficient (Wildman–Crippen LogP) is -2.64. The summed E-state index contributed by atoms with van der Waals surface area (Å²) in [4.78, 5) is 41.0. The van der Waals surface area contributed by atoms with Crippen LogP contribution in [-0.2, 0) is 0 Å². The second kappa shape index (κ2) is 7.25. The monoisotopic (exact) mass is 268 g/mol. The minimum absolute atomic E-state index is 0. The van der Waals surface area contributed by atoms with E-state index in [4.69, 9.17) is 0 Å². The summed E-state index contributed by atoms with van der Waals surface area (Å²) in [5.41, 5.74) is -1.65. The van der Waals surface area contributed by atoms with E-state index in [0.717, 1.165) is 0 Å². The zero-order valence-corrected chi connectivity index (χ0v) is 6.95. The number of hydrogen-bond acceptors (Lipinski definition) is 3. The van der Waals surface area contributed by atoms with E-state index < -0.39 is 16.9 Å². The van der Waals surface area contributed by atoms with E-state index in [0.29, 0.717) is 0 Å². The first-order valence-corrected chi connectivity index (χ1v) is 3.11. The van der Waals surface area contributed by atoms with Gasteiger partial charge in [-0.25, -0.2) is 9.59 Å². The van der Waals surface area contributed by atoms with Crippen LogP contribution in [0.25, 0.3) is 11.2 Å². The van der Waals surface area contributed by atoms with Crippen LogP contribution in [0.5, 0.6) is 0 Å². The SMILES string of the molecule is Cl.O=c1[nH]c(=O)c2[nH]c(=O)[nH]c2[nH]1.[KH].[NaH]. The Bertz CT molecular complexity index is 598. The number of fused-ring (bicyclic) bond motifs is 1. The van der Waals surface area contributed by atoms with Gasteiger partial charge < -0.3 is 0 Å². The molecule has 0 saturated carbocycles. The summed E-state index contributed by atoms with van der Waals surface area (Å²) in [5, 5.41) is 0. The van der Waals surface area contributed by atoms with E-state index in [9.17, 15) is 14.4 Å². The van der Waals surface area contributed by atoms with Crippen molar-refractivity contribution < 1.29 is 0 Å². The van der Waals surface area contributed by atoms with Crippen molar-refractivity contribution in [1.82, 2.24) is 19.9 Å². The van der Waals surface area contributed by atoms with E-state index in [1.54, 1.807) is 0 Å². The first-order chi connectivity index (χ1) is 5.66. The average molecular weight is 269 g/mol. The molecular weight excluding hydrogens is 262 g/mol. The molecule has 7 nitrogen and oxygen atoms in total. The standard InChI is InChI=1S/C5H4N4O3.ClH.K.Na.2H/c10-3-1-2(7-4(11)6-1)8-5(12)9-3;;;;;/h(H4,6,7,8,9,10,11,12);1H;;;;. The van der Waals surface area contributed by atoms with E-state index in [-0.39, 0.29) is 105 Å². The Balaban J connectivity index is 0. The van der Waals surface area contributed by atoms with E-state index in [1.807, 2.05) is 4.98 Å². The van der Waals surface area contributed by atoms with Crippen molar-refractivity contribution in [1.29, 1.82) is 0 Å². The van der Waals surface area contributed by atoms with Gasteiger partial charge in [0.25, 0.3) is 5.56 Å². The predicted molar refractivity (Wildman–Crippen MR) is 61.7 cm³/mol. The second-order valence-electron chi connectivity index (χ2n) is 2.24. The topological polar surface area (TPSA) is 114 Å². The van der Waals surface area contributed by atoms with Crippen molar-refractivity contribution in [3.05, 3.63) is 31.3 Å². The number of H-pyrrole nitrogens is 4. The molecule has 2 heterocycles. The molecule has 0 aliphatic heterocycles. The van der Waals surface area contributed by atoms with Gasteiger partial charge in [-0.15, -0.1) is 12.4 Å². The van der Waals surface area contributed by atoms with Crippen LogP contribution in [0.1, 0.15) is 0 Å². The maximum absolute atomic E-state index is 10.9. The molecule has 0 atom stereocenters. The molecule has 4 N–H and O–H groups in total. The third-order valence-corrected chi connectivity index (χ3v) is 1.42. The number of aromatic nitrogens is 4. The molecule has 15 heavy (non-hydrogen) atoms. The van der Waals surface area contributed by atoms with Gasteiger partial charge in [0.15, 0.2) is 0 Å². The fourth-order valence-corrected chi connectivity index (χ4v) is 0.958. The van der Waals surface area contributed by atoms with Crippen LogP contribution < -0.4 is 16.9 Å². The summed E-state index contributed by atoms with van der Waals surface area (Å²) in [6, 6.07) is 0. The van der Waals surface area contributed by atoms with Gasteiger partial charge in [-0.05, 0) is 0 Å². The van der Waals surface area contributed by atoms with E-state index >= 15 is 0 Å². The quantitative estimate of drug-likeness (QED) is 0.392. The molecule has 0 amide bonds. The van der Waals surface area contributed by atoms with Gasteiger partial charge in [-0.2, -0.15) is 0 Å². The van der Waals surface area contributed by atoms with Gasteiger partial charge >= 0.3 is 92.3 Å². The third kappa shape index (κ3) is 3.99. The van der Waals surface area contributed by atoms with Crippen LogP contribution in [-0.4, -0.2) is 101 Å². The zero-order valence-electron chi connectivity index (χ0n) is 6.13. The van der Waals surface area contributed by atoms with E-state index in [2.05, 4.69) is 15.0 Å². The Labute approximate surface area is 153 Å². The fourth-order valence-electron chi connectivity index (χ4n) is 0.958. The average Bonchev–Trinajstić information content (AvgIpc) is 2.29. The number of halogens is 1. The van der Waals surface area contributed by atoms with Crippen LogP contribution in [0.15, 0.2) is 14.4 Å². The van der Waals surface area contributed by atoms with Gasteiger partial charge in [0.05, 0.1) is 0 Å². The van der Waals surface area contributed by atoms with Crippen molar-refractivity contribution in [2.24, 2.45) is 0 Å². The molecular formula is C5H7ClKN4NaO3. The van der Waals surface area contributed by atoms with Crippen molar-refractivity contribution >= 4 is 105 Å². The maximum atomic E-state index is 10.9. The Morgan fingerprint density at radius 1 is 0.800 bits per heavy atom. The minimum atomic E-state index is -0.650. The number of aromatic amines is 4. The Kier molecular flexibility index (Phi) is 8.82. The van der Waals surface area contributed by atoms with Crippen LogP contribution in [0.3, 0.4) is 0 Å². The summed E-state index contributed by atoms with van der Waals surface area (Å²) in [6.45, 7) is 0. The Morgan fingerprint density at radius 2 is 1.27 bits per heavy atom. The van der Waals surface area contributed by atoms with Crippen molar-refractivity contribution in [2.45, 2.75) is 0 Å². The molecule has 0 fully saturated rings. The molecule has 0 aromatic carbocycles. The first-order valence-electron chi connectivity index (χ1n) is 3.11. The molecule has 2 aromatic rings. The summed E-state index contributed by atoms with van der Waals surface area (Å²) in [7, 11) is 0. The molecule has 0 aliphatic rings. The summed E-state index contributed by atoms with van der Waals surface area (Å²) < 4.78 is 0. The number of imidazole rings is 1. The molecule has 2 aromatic heterocycles. The Morgan fingerprint density at radius 3 is 1.80 bits per heavy atom. The molecule has 0 aliphatic carbocycles. The molecule has 74 valence electrons. The fraction of sp³-hybridized carbons (Fsp3) is 0. The molecule has 0 radical (unpaired) electrons. The van der Waals surface area contributed by atoms with Gasteiger partial charge in [-0.3, -0.25) is 24.7 Å². The third-order valence-electron chi connectivity index (χ3n) is 1.42. The molecule has 0 unspecified atom stereocenters.